The molecular weight excluding hydrogens is 276 g/mol. The molecule has 2 rings (SSSR count). The van der Waals surface area contributed by atoms with E-state index < -0.39 is 10.0 Å². The maximum atomic E-state index is 12.5. The fourth-order valence-corrected chi connectivity index (χ4v) is 3.70. The molecule has 6 nitrogen and oxygen atoms in total. The van der Waals surface area contributed by atoms with Crippen LogP contribution in [0.15, 0.2) is 23.1 Å². The minimum Gasteiger partial charge on any atom is -0.399 e. The lowest BCUT2D eigenvalue weighted by molar-refractivity contribution is 0.135. The molecule has 112 valence electrons. The van der Waals surface area contributed by atoms with Gasteiger partial charge in [-0.15, -0.1) is 4.83 Å². The number of sulfonamides is 1. The molecule has 0 radical (unpaired) electrons. The highest BCUT2D eigenvalue weighted by atomic mass is 32.2. The Morgan fingerprint density at radius 1 is 1.25 bits per heavy atom. The van der Waals surface area contributed by atoms with Gasteiger partial charge in [0.05, 0.1) is 4.90 Å². The topological polar surface area (TPSA) is 78.7 Å². The molecule has 0 amide bonds. The average Bonchev–Trinajstić information content (AvgIpc) is 2.41. The van der Waals surface area contributed by atoms with Crippen LogP contribution in [0.4, 0.5) is 5.69 Å². The molecule has 0 unspecified atom stereocenters. The number of rotatable bonds is 4. The maximum absolute atomic E-state index is 12.5. The van der Waals surface area contributed by atoms with E-state index in [0.29, 0.717) is 25.2 Å². The molecule has 0 saturated carbocycles. The zero-order chi connectivity index (χ0) is 14.8. The predicted molar refractivity (Wildman–Crippen MR) is 79.6 cm³/mol. The average molecular weight is 298 g/mol. The molecule has 1 aromatic rings. The van der Waals surface area contributed by atoms with Crippen molar-refractivity contribution in [3.8, 4) is 0 Å². The van der Waals surface area contributed by atoms with Crippen LogP contribution in [-0.4, -0.2) is 51.6 Å². The van der Waals surface area contributed by atoms with Crippen molar-refractivity contribution in [2.24, 2.45) is 0 Å². The summed E-state index contributed by atoms with van der Waals surface area (Å²) in [5.74, 6) is 0. The number of hydrazine groups is 1. The Bertz CT molecular complexity index is 566. The Morgan fingerprint density at radius 3 is 2.50 bits per heavy atom. The first-order valence-corrected chi connectivity index (χ1v) is 8.25. The number of aryl methyl sites for hydroxylation is 1. The predicted octanol–water partition coefficient (Wildman–Crippen LogP) is 0.272. The first-order chi connectivity index (χ1) is 9.42. The number of nitrogens with one attached hydrogen (secondary N) is 1. The Hall–Kier alpha value is -1.15. The molecule has 3 N–H and O–H groups in total. The molecule has 7 heteroatoms. The number of likely N-dealkylation sites (N-methyl/N-ethyl adjacent to an activating group) is 1. The number of nitrogen functional groups attached to an aromatic ring is 1. The van der Waals surface area contributed by atoms with Gasteiger partial charge in [0.15, 0.2) is 0 Å². The van der Waals surface area contributed by atoms with Crippen molar-refractivity contribution in [3.05, 3.63) is 23.8 Å². The van der Waals surface area contributed by atoms with E-state index in [1.54, 1.807) is 17.1 Å². The third-order valence-corrected chi connectivity index (χ3v) is 4.97. The Labute approximate surface area is 120 Å². The zero-order valence-corrected chi connectivity index (χ0v) is 12.8. The standard InChI is InChI=1S/C13H22N4O2S/c1-3-11-4-5-12(14)10-13(11)20(18,19)15-17-8-6-16(2)7-9-17/h4-5,10,15H,3,6-9,14H2,1-2H3. The molecule has 1 aliphatic rings. The summed E-state index contributed by atoms with van der Waals surface area (Å²) in [5, 5.41) is 1.75. The quantitative estimate of drug-likeness (QED) is 0.780. The van der Waals surface area contributed by atoms with E-state index in [2.05, 4.69) is 9.73 Å². The highest BCUT2D eigenvalue weighted by Gasteiger charge is 2.23. The van der Waals surface area contributed by atoms with E-state index in [-0.39, 0.29) is 4.90 Å². The Kier molecular flexibility index (Phi) is 4.64. The highest BCUT2D eigenvalue weighted by Crippen LogP contribution is 2.20. The van der Waals surface area contributed by atoms with Crippen molar-refractivity contribution in [1.29, 1.82) is 0 Å². The summed E-state index contributed by atoms with van der Waals surface area (Å²) in [6, 6.07) is 5.03. The largest absolute Gasteiger partial charge is 0.399 e. The lowest BCUT2D eigenvalue weighted by Gasteiger charge is -2.32. The van der Waals surface area contributed by atoms with E-state index >= 15 is 0 Å². The van der Waals surface area contributed by atoms with Crippen molar-refractivity contribution >= 4 is 15.7 Å². The fourth-order valence-electron chi connectivity index (χ4n) is 2.23. The monoisotopic (exact) mass is 298 g/mol. The second-order valence-electron chi connectivity index (χ2n) is 5.11. The molecule has 1 saturated heterocycles. The first kappa shape index (κ1) is 15.2. The second kappa shape index (κ2) is 6.09. The molecule has 20 heavy (non-hydrogen) atoms. The van der Waals surface area contributed by atoms with Gasteiger partial charge in [-0.1, -0.05) is 13.0 Å². The molecule has 0 spiro atoms. The molecule has 0 aliphatic carbocycles. The second-order valence-corrected chi connectivity index (χ2v) is 6.74. The van der Waals surface area contributed by atoms with Crippen molar-refractivity contribution in [2.75, 3.05) is 39.0 Å². The number of hydrogen-bond donors (Lipinski definition) is 2. The van der Waals surface area contributed by atoms with Crippen LogP contribution in [0.2, 0.25) is 0 Å². The molecule has 1 aromatic carbocycles. The third-order valence-electron chi connectivity index (χ3n) is 3.51. The van der Waals surface area contributed by atoms with Gasteiger partial charge in [0.1, 0.15) is 0 Å². The molecule has 0 bridgehead atoms. The number of anilines is 1. The van der Waals surface area contributed by atoms with Crippen LogP contribution in [0.3, 0.4) is 0 Å². The fraction of sp³-hybridized carbons (Fsp3) is 0.538. The number of nitrogens with zero attached hydrogens (tertiary/aromatic N) is 2. The number of piperazine rings is 1. The minimum absolute atomic E-state index is 0.277. The van der Waals surface area contributed by atoms with Crippen molar-refractivity contribution in [2.45, 2.75) is 18.2 Å². The summed E-state index contributed by atoms with van der Waals surface area (Å²) in [6.07, 6.45) is 0.652. The number of nitrogens with two attached hydrogens (primary N) is 1. The SMILES string of the molecule is CCc1ccc(N)cc1S(=O)(=O)NN1CCN(C)CC1. The van der Waals surface area contributed by atoms with E-state index in [1.807, 2.05) is 14.0 Å². The van der Waals surface area contributed by atoms with E-state index in [4.69, 9.17) is 5.73 Å². The van der Waals surface area contributed by atoms with Crippen LogP contribution in [0.5, 0.6) is 0 Å². The Morgan fingerprint density at radius 2 is 1.90 bits per heavy atom. The minimum atomic E-state index is -3.57. The van der Waals surface area contributed by atoms with Crippen molar-refractivity contribution in [3.63, 3.8) is 0 Å². The normalized spacial score (nSPS) is 18.3. The summed E-state index contributed by atoms with van der Waals surface area (Å²) in [5.41, 5.74) is 6.96. The number of hydrogen-bond acceptors (Lipinski definition) is 5. The van der Waals surface area contributed by atoms with Gasteiger partial charge in [-0.2, -0.15) is 0 Å². The lowest BCUT2D eigenvalue weighted by atomic mass is 10.1. The van der Waals surface area contributed by atoms with Gasteiger partial charge < -0.3 is 10.6 Å². The van der Waals surface area contributed by atoms with Gasteiger partial charge in [-0.05, 0) is 31.2 Å². The van der Waals surface area contributed by atoms with Crippen LogP contribution >= 0.6 is 0 Å². The van der Waals surface area contributed by atoms with Crippen LogP contribution in [0.1, 0.15) is 12.5 Å². The maximum Gasteiger partial charge on any atom is 0.253 e. The summed E-state index contributed by atoms with van der Waals surface area (Å²) < 4.78 is 25.0. The first-order valence-electron chi connectivity index (χ1n) is 6.76. The van der Waals surface area contributed by atoms with E-state index in [1.165, 1.54) is 6.07 Å². The van der Waals surface area contributed by atoms with Gasteiger partial charge in [0.2, 0.25) is 0 Å². The smallest absolute Gasteiger partial charge is 0.253 e. The summed E-state index contributed by atoms with van der Waals surface area (Å²) in [4.78, 5) is 5.10. The summed E-state index contributed by atoms with van der Waals surface area (Å²) in [6.45, 7) is 4.99. The van der Waals surface area contributed by atoms with Crippen molar-refractivity contribution in [1.82, 2.24) is 14.7 Å². The Balaban J connectivity index is 2.20. The number of benzene rings is 1. The van der Waals surface area contributed by atoms with Gasteiger partial charge in [-0.25, -0.2) is 13.4 Å². The van der Waals surface area contributed by atoms with Crippen molar-refractivity contribution < 1.29 is 8.42 Å². The van der Waals surface area contributed by atoms with Crippen LogP contribution in [0.25, 0.3) is 0 Å². The van der Waals surface area contributed by atoms with Crippen LogP contribution in [0, 0.1) is 0 Å². The van der Waals surface area contributed by atoms with Gasteiger partial charge >= 0.3 is 0 Å². The third kappa shape index (κ3) is 3.49. The molecule has 1 fully saturated rings. The zero-order valence-electron chi connectivity index (χ0n) is 12.0. The summed E-state index contributed by atoms with van der Waals surface area (Å²) >= 11 is 0. The van der Waals surface area contributed by atoms with E-state index in [9.17, 15) is 8.42 Å². The van der Waals surface area contributed by atoms with Crippen LogP contribution < -0.4 is 10.6 Å². The molecule has 0 aromatic heterocycles. The van der Waals surface area contributed by atoms with Crippen LogP contribution in [-0.2, 0) is 16.4 Å². The molecule has 1 heterocycles. The molecule has 0 atom stereocenters. The van der Waals surface area contributed by atoms with Gasteiger partial charge in [-0.3, -0.25) is 0 Å². The molecular formula is C13H22N4O2S. The lowest BCUT2D eigenvalue weighted by Crippen LogP contribution is -2.52. The van der Waals surface area contributed by atoms with Gasteiger partial charge in [0, 0.05) is 31.9 Å². The highest BCUT2D eigenvalue weighted by molar-refractivity contribution is 7.89. The summed E-state index contributed by atoms with van der Waals surface area (Å²) in [7, 11) is -1.54. The van der Waals surface area contributed by atoms with E-state index in [0.717, 1.165) is 18.7 Å². The molecule has 1 aliphatic heterocycles. The van der Waals surface area contributed by atoms with Gasteiger partial charge in [0.25, 0.3) is 10.0 Å².